The number of carbonyl (C=O) groups is 3. The first kappa shape index (κ1) is 53.1. The van der Waals surface area contributed by atoms with Crippen LogP contribution in [-0.4, -0.2) is 37.2 Å². The SMILES string of the molecule is CCCCC/C=C\C/C=C\C/C=C\C/C=C\CCCC(=O)OCC(COC(=O)CCC/C=C\CCCCCC)OC(=O)CCCCCCCCCCCCCC. The summed E-state index contributed by atoms with van der Waals surface area (Å²) in [6, 6.07) is 0. The van der Waals surface area contributed by atoms with E-state index in [1.54, 1.807) is 0 Å². The van der Waals surface area contributed by atoms with Crippen molar-refractivity contribution in [2.45, 2.75) is 226 Å². The number of hydrogen-bond acceptors (Lipinski definition) is 6. The summed E-state index contributed by atoms with van der Waals surface area (Å²) in [4.78, 5) is 37.7. The molecule has 1 unspecified atom stereocenters. The molecule has 0 aromatic rings. The third-order valence-corrected chi connectivity index (χ3v) is 9.74. The Morgan fingerprint density at radius 1 is 0.357 bits per heavy atom. The molecule has 0 bridgehead atoms. The van der Waals surface area contributed by atoms with Gasteiger partial charge >= 0.3 is 17.9 Å². The number of hydrogen-bond donors (Lipinski definition) is 0. The van der Waals surface area contributed by atoms with Crippen LogP contribution in [0.5, 0.6) is 0 Å². The van der Waals surface area contributed by atoms with Crippen molar-refractivity contribution in [3.63, 3.8) is 0 Å². The quantitative estimate of drug-likeness (QED) is 0.0266. The summed E-state index contributed by atoms with van der Waals surface area (Å²) in [7, 11) is 0. The third kappa shape index (κ3) is 42.3. The molecule has 322 valence electrons. The van der Waals surface area contributed by atoms with E-state index in [1.165, 1.54) is 109 Å². The Hall–Kier alpha value is -2.89. The summed E-state index contributed by atoms with van der Waals surface area (Å²) >= 11 is 0. The second-order valence-electron chi connectivity index (χ2n) is 15.3. The average Bonchev–Trinajstić information content (AvgIpc) is 3.19. The topological polar surface area (TPSA) is 78.9 Å². The molecule has 6 heteroatoms. The molecule has 0 N–H and O–H groups in total. The minimum absolute atomic E-state index is 0.105. The molecule has 1 atom stereocenters. The lowest BCUT2D eigenvalue weighted by Gasteiger charge is -2.18. The van der Waals surface area contributed by atoms with Crippen molar-refractivity contribution in [1.82, 2.24) is 0 Å². The van der Waals surface area contributed by atoms with Crippen molar-refractivity contribution in [2.75, 3.05) is 13.2 Å². The Balaban J connectivity index is 4.45. The Morgan fingerprint density at radius 2 is 0.661 bits per heavy atom. The lowest BCUT2D eigenvalue weighted by Crippen LogP contribution is -2.30. The molecule has 56 heavy (non-hydrogen) atoms. The highest BCUT2D eigenvalue weighted by Crippen LogP contribution is 2.14. The molecule has 0 rings (SSSR count). The molecule has 0 amide bonds. The van der Waals surface area contributed by atoms with E-state index in [-0.39, 0.29) is 37.5 Å². The number of allylic oxidation sites excluding steroid dienone is 10. The molecule has 0 radical (unpaired) electrons. The normalized spacial score (nSPS) is 12.6. The zero-order valence-electron chi connectivity index (χ0n) is 36.6. The van der Waals surface area contributed by atoms with Gasteiger partial charge in [0.1, 0.15) is 13.2 Å². The first-order chi connectivity index (χ1) is 27.5. The number of rotatable bonds is 41. The minimum atomic E-state index is -0.802. The van der Waals surface area contributed by atoms with Crippen LogP contribution < -0.4 is 0 Å². The first-order valence-corrected chi connectivity index (χ1v) is 23.3. The highest BCUT2D eigenvalue weighted by molar-refractivity contribution is 5.71. The van der Waals surface area contributed by atoms with Gasteiger partial charge in [-0.25, -0.2) is 0 Å². The molecule has 0 aliphatic rings. The zero-order chi connectivity index (χ0) is 40.8. The van der Waals surface area contributed by atoms with E-state index in [2.05, 4.69) is 81.5 Å². The smallest absolute Gasteiger partial charge is 0.306 e. The summed E-state index contributed by atoms with van der Waals surface area (Å²) in [5, 5.41) is 0. The maximum absolute atomic E-state index is 12.7. The lowest BCUT2D eigenvalue weighted by molar-refractivity contribution is -0.167. The van der Waals surface area contributed by atoms with Gasteiger partial charge in [0.25, 0.3) is 0 Å². The summed E-state index contributed by atoms with van der Waals surface area (Å²) in [6.45, 7) is 6.48. The van der Waals surface area contributed by atoms with Crippen LogP contribution in [0.25, 0.3) is 0 Å². The highest BCUT2D eigenvalue weighted by Gasteiger charge is 2.19. The van der Waals surface area contributed by atoms with Crippen molar-refractivity contribution in [3.8, 4) is 0 Å². The van der Waals surface area contributed by atoms with Crippen molar-refractivity contribution >= 4 is 17.9 Å². The highest BCUT2D eigenvalue weighted by atomic mass is 16.6. The largest absolute Gasteiger partial charge is 0.462 e. The molecule has 0 saturated carbocycles. The van der Waals surface area contributed by atoms with Crippen LogP contribution in [-0.2, 0) is 28.6 Å². The van der Waals surface area contributed by atoms with Crippen LogP contribution in [0, 0.1) is 0 Å². The van der Waals surface area contributed by atoms with Crippen LogP contribution >= 0.6 is 0 Å². The Labute approximate surface area is 345 Å². The second kappa shape index (κ2) is 44.8. The maximum Gasteiger partial charge on any atom is 0.306 e. The predicted octanol–water partition coefficient (Wildman–Crippen LogP) is 14.9. The number of unbranched alkanes of at least 4 members (excludes halogenated alkanes) is 20. The molecule has 0 saturated heterocycles. The van der Waals surface area contributed by atoms with Gasteiger partial charge in [-0.2, -0.15) is 0 Å². The van der Waals surface area contributed by atoms with Crippen LogP contribution in [0.2, 0.25) is 0 Å². The monoisotopic (exact) mass is 783 g/mol. The first-order valence-electron chi connectivity index (χ1n) is 23.3. The molecule has 0 aromatic carbocycles. The molecular weight excluding hydrogens is 697 g/mol. The molecule has 0 aliphatic carbocycles. The zero-order valence-corrected chi connectivity index (χ0v) is 36.6. The van der Waals surface area contributed by atoms with Crippen LogP contribution in [0.1, 0.15) is 220 Å². The third-order valence-electron chi connectivity index (χ3n) is 9.74. The standard InChI is InChI=1S/C50H86O6/c1-4-7-10-13-16-19-21-23-24-25-26-27-29-31-34-37-40-43-49(52)55-46-47(45-54-48(51)42-39-36-33-30-18-15-12-9-6-3)56-50(53)44-41-38-35-32-28-22-20-17-14-11-8-5-2/h16,19,23-24,26-27,30-31,33-34,47H,4-15,17-18,20-22,25,28-29,32,35-46H2,1-3H3/b19-16-,24-23-,27-26-,33-30-,34-31-. The van der Waals surface area contributed by atoms with Crippen molar-refractivity contribution in [1.29, 1.82) is 0 Å². The lowest BCUT2D eigenvalue weighted by atomic mass is 10.0. The fourth-order valence-corrected chi connectivity index (χ4v) is 6.20. The Kier molecular flexibility index (Phi) is 42.5. The molecule has 0 aromatic heterocycles. The van der Waals surface area contributed by atoms with E-state index >= 15 is 0 Å². The minimum Gasteiger partial charge on any atom is -0.462 e. The van der Waals surface area contributed by atoms with Crippen LogP contribution in [0.4, 0.5) is 0 Å². The maximum atomic E-state index is 12.7. The van der Waals surface area contributed by atoms with Gasteiger partial charge < -0.3 is 14.2 Å². The van der Waals surface area contributed by atoms with Gasteiger partial charge in [-0.15, -0.1) is 0 Å². The molecular formula is C50H86O6. The molecule has 0 fully saturated rings. The molecule has 0 heterocycles. The van der Waals surface area contributed by atoms with Gasteiger partial charge in [-0.1, -0.05) is 184 Å². The summed E-state index contributed by atoms with van der Waals surface area (Å²) in [5.41, 5.74) is 0. The van der Waals surface area contributed by atoms with E-state index < -0.39 is 6.10 Å². The summed E-state index contributed by atoms with van der Waals surface area (Å²) < 4.78 is 16.6. The van der Waals surface area contributed by atoms with E-state index in [1.807, 2.05) is 0 Å². The molecule has 0 aliphatic heterocycles. The van der Waals surface area contributed by atoms with Gasteiger partial charge in [-0.3, -0.25) is 14.4 Å². The van der Waals surface area contributed by atoms with E-state index in [9.17, 15) is 14.4 Å². The molecule has 6 nitrogen and oxygen atoms in total. The predicted molar refractivity (Wildman–Crippen MR) is 238 cm³/mol. The Morgan fingerprint density at radius 3 is 1.11 bits per heavy atom. The fraction of sp³-hybridized carbons (Fsp3) is 0.740. The van der Waals surface area contributed by atoms with Crippen LogP contribution in [0.15, 0.2) is 60.8 Å². The fourth-order valence-electron chi connectivity index (χ4n) is 6.20. The summed E-state index contributed by atoms with van der Waals surface area (Å²) in [6.07, 6.45) is 53.6. The molecule has 0 spiro atoms. The van der Waals surface area contributed by atoms with Gasteiger partial charge in [0.15, 0.2) is 6.10 Å². The van der Waals surface area contributed by atoms with E-state index in [4.69, 9.17) is 14.2 Å². The van der Waals surface area contributed by atoms with Crippen molar-refractivity contribution < 1.29 is 28.6 Å². The van der Waals surface area contributed by atoms with E-state index in [0.717, 1.165) is 57.8 Å². The van der Waals surface area contributed by atoms with E-state index in [0.29, 0.717) is 25.7 Å². The van der Waals surface area contributed by atoms with Crippen LogP contribution in [0.3, 0.4) is 0 Å². The number of esters is 3. The summed E-state index contributed by atoms with van der Waals surface area (Å²) in [5.74, 6) is -0.997. The van der Waals surface area contributed by atoms with Gasteiger partial charge in [0.2, 0.25) is 0 Å². The second-order valence-corrected chi connectivity index (χ2v) is 15.3. The number of carbonyl (C=O) groups excluding carboxylic acids is 3. The average molecular weight is 783 g/mol. The van der Waals surface area contributed by atoms with Gasteiger partial charge in [0.05, 0.1) is 0 Å². The van der Waals surface area contributed by atoms with Crippen molar-refractivity contribution in [2.24, 2.45) is 0 Å². The van der Waals surface area contributed by atoms with Crippen molar-refractivity contribution in [3.05, 3.63) is 60.8 Å². The number of ether oxygens (including phenoxy) is 3. The van der Waals surface area contributed by atoms with Gasteiger partial charge in [0, 0.05) is 19.3 Å². The Bertz CT molecular complexity index is 1040. The van der Waals surface area contributed by atoms with Gasteiger partial charge in [-0.05, 0) is 77.0 Å².